The summed E-state index contributed by atoms with van der Waals surface area (Å²) < 4.78 is 5.36. The number of hydrogen-bond donors (Lipinski definition) is 1. The molecule has 0 radical (unpaired) electrons. The van der Waals surface area contributed by atoms with Gasteiger partial charge in [0, 0.05) is 25.7 Å². The molecular formula is C14H30N2O. The van der Waals surface area contributed by atoms with Gasteiger partial charge in [0.15, 0.2) is 0 Å². The molecule has 3 heteroatoms. The number of unbranched alkanes of at least 4 members (excludes halogenated alkanes) is 4. The molecule has 1 saturated heterocycles. The van der Waals surface area contributed by atoms with Crippen molar-refractivity contribution in [3.63, 3.8) is 0 Å². The molecule has 0 aromatic rings. The van der Waals surface area contributed by atoms with Gasteiger partial charge in [-0.2, -0.15) is 0 Å². The van der Waals surface area contributed by atoms with E-state index in [0.717, 1.165) is 26.3 Å². The topological polar surface area (TPSA) is 24.5 Å². The van der Waals surface area contributed by atoms with E-state index in [1.165, 1.54) is 45.2 Å². The SMILES string of the molecule is CCCCCCCNC(C)CN1CCOCC1. The minimum Gasteiger partial charge on any atom is -0.379 e. The van der Waals surface area contributed by atoms with Crippen LogP contribution in [0.3, 0.4) is 0 Å². The highest BCUT2D eigenvalue weighted by molar-refractivity contribution is 4.69. The maximum Gasteiger partial charge on any atom is 0.0594 e. The van der Waals surface area contributed by atoms with Crippen LogP contribution in [-0.2, 0) is 4.74 Å². The molecule has 1 aliphatic heterocycles. The molecular weight excluding hydrogens is 212 g/mol. The predicted molar refractivity (Wildman–Crippen MR) is 73.5 cm³/mol. The zero-order chi connectivity index (χ0) is 12.3. The Morgan fingerprint density at radius 3 is 2.53 bits per heavy atom. The molecule has 0 spiro atoms. The fraction of sp³-hybridized carbons (Fsp3) is 1.00. The highest BCUT2D eigenvalue weighted by atomic mass is 16.5. The average Bonchev–Trinajstić information content (AvgIpc) is 2.35. The van der Waals surface area contributed by atoms with Crippen LogP contribution in [0.4, 0.5) is 0 Å². The molecule has 17 heavy (non-hydrogen) atoms. The van der Waals surface area contributed by atoms with Crippen LogP contribution < -0.4 is 5.32 Å². The third-order valence-electron chi connectivity index (χ3n) is 3.41. The van der Waals surface area contributed by atoms with Gasteiger partial charge in [-0.1, -0.05) is 32.6 Å². The normalized spacial score (nSPS) is 19.4. The molecule has 1 rings (SSSR count). The first-order valence-corrected chi connectivity index (χ1v) is 7.36. The standard InChI is InChI=1S/C14H30N2O/c1-3-4-5-6-7-8-15-14(2)13-16-9-11-17-12-10-16/h14-15H,3-13H2,1-2H3. The summed E-state index contributed by atoms with van der Waals surface area (Å²) in [6.07, 6.45) is 6.83. The van der Waals surface area contributed by atoms with Crippen molar-refractivity contribution < 1.29 is 4.74 Å². The van der Waals surface area contributed by atoms with Crippen LogP contribution in [0.5, 0.6) is 0 Å². The number of nitrogens with one attached hydrogen (secondary N) is 1. The highest BCUT2D eigenvalue weighted by Crippen LogP contribution is 2.02. The van der Waals surface area contributed by atoms with Crippen molar-refractivity contribution >= 4 is 0 Å². The summed E-state index contributed by atoms with van der Waals surface area (Å²) >= 11 is 0. The summed E-state index contributed by atoms with van der Waals surface area (Å²) in [5.74, 6) is 0. The van der Waals surface area contributed by atoms with E-state index >= 15 is 0 Å². The number of nitrogens with zero attached hydrogens (tertiary/aromatic N) is 1. The number of ether oxygens (including phenoxy) is 1. The van der Waals surface area contributed by atoms with Gasteiger partial charge in [-0.05, 0) is 19.9 Å². The molecule has 3 nitrogen and oxygen atoms in total. The van der Waals surface area contributed by atoms with E-state index in [1.54, 1.807) is 0 Å². The third kappa shape index (κ3) is 7.74. The van der Waals surface area contributed by atoms with Gasteiger partial charge in [-0.3, -0.25) is 4.90 Å². The zero-order valence-electron chi connectivity index (χ0n) is 11.7. The van der Waals surface area contributed by atoms with Gasteiger partial charge in [0.25, 0.3) is 0 Å². The van der Waals surface area contributed by atoms with Gasteiger partial charge < -0.3 is 10.1 Å². The molecule has 102 valence electrons. The van der Waals surface area contributed by atoms with Crippen LogP contribution in [0.2, 0.25) is 0 Å². The molecule has 1 atom stereocenters. The largest absolute Gasteiger partial charge is 0.379 e. The van der Waals surface area contributed by atoms with E-state index < -0.39 is 0 Å². The summed E-state index contributed by atoms with van der Waals surface area (Å²) in [5.41, 5.74) is 0. The van der Waals surface area contributed by atoms with E-state index in [-0.39, 0.29) is 0 Å². The second kappa shape index (κ2) is 9.86. The van der Waals surface area contributed by atoms with Gasteiger partial charge in [-0.15, -0.1) is 0 Å². The fourth-order valence-electron chi connectivity index (χ4n) is 2.31. The van der Waals surface area contributed by atoms with Crippen molar-refractivity contribution in [2.45, 2.75) is 52.0 Å². The number of morpholine rings is 1. The van der Waals surface area contributed by atoms with Crippen LogP contribution in [0.25, 0.3) is 0 Å². The van der Waals surface area contributed by atoms with E-state index in [0.29, 0.717) is 6.04 Å². The van der Waals surface area contributed by atoms with Crippen LogP contribution in [0.15, 0.2) is 0 Å². The van der Waals surface area contributed by atoms with Crippen LogP contribution >= 0.6 is 0 Å². The van der Waals surface area contributed by atoms with Crippen LogP contribution in [0, 0.1) is 0 Å². The summed E-state index contributed by atoms with van der Waals surface area (Å²) in [6.45, 7) is 10.9. The van der Waals surface area contributed by atoms with Gasteiger partial charge in [0.1, 0.15) is 0 Å². The fourth-order valence-corrected chi connectivity index (χ4v) is 2.31. The quantitative estimate of drug-likeness (QED) is 0.628. The Bertz CT molecular complexity index is 170. The van der Waals surface area contributed by atoms with Gasteiger partial charge in [0.05, 0.1) is 13.2 Å². The van der Waals surface area contributed by atoms with E-state index in [2.05, 4.69) is 24.1 Å². The lowest BCUT2D eigenvalue weighted by molar-refractivity contribution is 0.0344. The summed E-state index contributed by atoms with van der Waals surface area (Å²) in [6, 6.07) is 0.610. The average molecular weight is 242 g/mol. The Labute approximate surface area is 107 Å². The summed E-state index contributed by atoms with van der Waals surface area (Å²) in [4.78, 5) is 2.50. The smallest absolute Gasteiger partial charge is 0.0594 e. The summed E-state index contributed by atoms with van der Waals surface area (Å²) in [5, 5.41) is 3.62. The van der Waals surface area contributed by atoms with Crippen molar-refractivity contribution in [1.82, 2.24) is 10.2 Å². The molecule has 0 aromatic heterocycles. The predicted octanol–water partition coefficient (Wildman–Crippen LogP) is 2.27. The van der Waals surface area contributed by atoms with Crippen molar-refractivity contribution in [3.05, 3.63) is 0 Å². The Kier molecular flexibility index (Phi) is 8.67. The van der Waals surface area contributed by atoms with E-state index in [9.17, 15) is 0 Å². The first-order valence-electron chi connectivity index (χ1n) is 7.36. The van der Waals surface area contributed by atoms with Crippen molar-refractivity contribution in [3.8, 4) is 0 Å². The lowest BCUT2D eigenvalue weighted by Gasteiger charge is -2.29. The molecule has 1 fully saturated rings. The Hall–Kier alpha value is -0.120. The monoisotopic (exact) mass is 242 g/mol. The van der Waals surface area contributed by atoms with Gasteiger partial charge in [0.2, 0.25) is 0 Å². The molecule has 0 aliphatic carbocycles. The van der Waals surface area contributed by atoms with Crippen molar-refractivity contribution in [1.29, 1.82) is 0 Å². The molecule has 0 amide bonds. The minimum absolute atomic E-state index is 0.610. The molecule has 1 unspecified atom stereocenters. The molecule has 1 N–H and O–H groups in total. The van der Waals surface area contributed by atoms with Crippen molar-refractivity contribution in [2.75, 3.05) is 39.4 Å². The third-order valence-corrected chi connectivity index (χ3v) is 3.41. The van der Waals surface area contributed by atoms with Crippen LogP contribution in [-0.4, -0.2) is 50.3 Å². The Morgan fingerprint density at radius 2 is 1.82 bits per heavy atom. The lowest BCUT2D eigenvalue weighted by atomic mass is 10.1. The van der Waals surface area contributed by atoms with Gasteiger partial charge >= 0.3 is 0 Å². The van der Waals surface area contributed by atoms with Gasteiger partial charge in [-0.25, -0.2) is 0 Å². The second-order valence-corrected chi connectivity index (χ2v) is 5.18. The number of hydrogen-bond acceptors (Lipinski definition) is 3. The molecule has 0 bridgehead atoms. The maximum atomic E-state index is 5.36. The maximum absolute atomic E-state index is 5.36. The van der Waals surface area contributed by atoms with Crippen molar-refractivity contribution in [2.24, 2.45) is 0 Å². The Morgan fingerprint density at radius 1 is 1.12 bits per heavy atom. The van der Waals surface area contributed by atoms with Crippen LogP contribution in [0.1, 0.15) is 46.0 Å². The first-order chi connectivity index (χ1) is 8.33. The molecule has 0 saturated carbocycles. The highest BCUT2D eigenvalue weighted by Gasteiger charge is 2.12. The second-order valence-electron chi connectivity index (χ2n) is 5.18. The summed E-state index contributed by atoms with van der Waals surface area (Å²) in [7, 11) is 0. The Balaban J connectivity index is 1.91. The zero-order valence-corrected chi connectivity index (χ0v) is 11.7. The molecule has 1 heterocycles. The minimum atomic E-state index is 0.610. The van der Waals surface area contributed by atoms with E-state index in [4.69, 9.17) is 4.74 Å². The molecule has 1 aliphatic rings. The van der Waals surface area contributed by atoms with E-state index in [1.807, 2.05) is 0 Å². The number of rotatable bonds is 9. The lowest BCUT2D eigenvalue weighted by Crippen LogP contribution is -2.44. The molecule has 0 aromatic carbocycles. The first kappa shape index (κ1) is 14.9.